The van der Waals surface area contributed by atoms with Gasteiger partial charge in [0.25, 0.3) is 0 Å². The van der Waals surface area contributed by atoms with E-state index in [9.17, 15) is 4.79 Å². The van der Waals surface area contributed by atoms with E-state index < -0.39 is 0 Å². The van der Waals surface area contributed by atoms with Crippen LogP contribution >= 0.6 is 0 Å². The Morgan fingerprint density at radius 2 is 2.43 bits per heavy atom. The fourth-order valence-electron chi connectivity index (χ4n) is 1.81. The zero-order valence-electron chi connectivity index (χ0n) is 8.91. The zero-order chi connectivity index (χ0) is 10.4. The Balaban J connectivity index is 2.14. The Kier molecular flexibility index (Phi) is 4.90. The van der Waals surface area contributed by atoms with Crippen LogP contribution in [0.25, 0.3) is 0 Å². The summed E-state index contributed by atoms with van der Waals surface area (Å²) in [5.74, 6) is 0.335. The maximum Gasteiger partial charge on any atom is 0.319 e. The van der Waals surface area contributed by atoms with E-state index in [0.29, 0.717) is 18.6 Å². The van der Waals surface area contributed by atoms with Gasteiger partial charge in [-0.3, -0.25) is 4.79 Å². The van der Waals surface area contributed by atoms with Crippen molar-refractivity contribution in [3.05, 3.63) is 0 Å². The number of carbonyl (C=O) groups is 1. The second-order valence-electron chi connectivity index (χ2n) is 3.57. The maximum atomic E-state index is 10.8. The number of nitrogens with one attached hydrogen (secondary N) is 1. The molecule has 0 spiro atoms. The molecule has 0 aromatic carbocycles. The standard InChI is InChI=1S/C10H19NO3/c1-3-9-8(4-5-14-9)6-11-7-10(12)13-2/h8-9,11H,3-7H2,1-2H3. The van der Waals surface area contributed by atoms with Gasteiger partial charge in [0.15, 0.2) is 0 Å². The minimum Gasteiger partial charge on any atom is -0.468 e. The molecule has 0 aromatic heterocycles. The van der Waals surface area contributed by atoms with Crippen molar-refractivity contribution < 1.29 is 14.3 Å². The van der Waals surface area contributed by atoms with Gasteiger partial charge in [-0.1, -0.05) is 6.92 Å². The van der Waals surface area contributed by atoms with E-state index in [-0.39, 0.29) is 5.97 Å². The first-order valence-electron chi connectivity index (χ1n) is 5.17. The monoisotopic (exact) mass is 201 g/mol. The molecule has 0 aliphatic carbocycles. The summed E-state index contributed by atoms with van der Waals surface area (Å²) >= 11 is 0. The lowest BCUT2D eigenvalue weighted by Gasteiger charge is -2.16. The third-order valence-corrected chi connectivity index (χ3v) is 2.65. The molecule has 1 N–H and O–H groups in total. The summed E-state index contributed by atoms with van der Waals surface area (Å²) < 4.78 is 10.1. The molecule has 1 rings (SSSR count). The largest absolute Gasteiger partial charge is 0.468 e. The van der Waals surface area contributed by atoms with Crippen LogP contribution in [0.1, 0.15) is 19.8 Å². The molecular weight excluding hydrogens is 182 g/mol. The summed E-state index contributed by atoms with van der Waals surface area (Å²) in [5.41, 5.74) is 0. The molecule has 4 nitrogen and oxygen atoms in total. The second-order valence-corrected chi connectivity index (χ2v) is 3.57. The van der Waals surface area contributed by atoms with Crippen LogP contribution in [0.2, 0.25) is 0 Å². The minimum atomic E-state index is -0.211. The Bertz CT molecular complexity index is 184. The molecule has 14 heavy (non-hydrogen) atoms. The van der Waals surface area contributed by atoms with Crippen molar-refractivity contribution in [1.29, 1.82) is 0 Å². The van der Waals surface area contributed by atoms with Crippen LogP contribution in [0, 0.1) is 5.92 Å². The molecule has 1 fully saturated rings. The highest BCUT2D eigenvalue weighted by molar-refractivity contribution is 5.71. The number of hydrogen-bond acceptors (Lipinski definition) is 4. The highest BCUT2D eigenvalue weighted by atomic mass is 16.5. The Labute approximate surface area is 85.0 Å². The summed E-state index contributed by atoms with van der Waals surface area (Å²) in [6.45, 7) is 4.11. The smallest absolute Gasteiger partial charge is 0.319 e. The number of carbonyl (C=O) groups excluding carboxylic acids is 1. The topological polar surface area (TPSA) is 47.6 Å². The van der Waals surface area contributed by atoms with Gasteiger partial charge < -0.3 is 14.8 Å². The molecule has 82 valence electrons. The van der Waals surface area contributed by atoms with Crippen molar-refractivity contribution >= 4 is 5.97 Å². The van der Waals surface area contributed by atoms with Crippen LogP contribution in [0.4, 0.5) is 0 Å². The molecule has 0 saturated carbocycles. The lowest BCUT2D eigenvalue weighted by molar-refractivity contribution is -0.139. The van der Waals surface area contributed by atoms with E-state index in [1.807, 2.05) is 0 Å². The van der Waals surface area contributed by atoms with E-state index >= 15 is 0 Å². The first kappa shape index (κ1) is 11.5. The van der Waals surface area contributed by atoms with Gasteiger partial charge >= 0.3 is 5.97 Å². The van der Waals surface area contributed by atoms with Crippen LogP contribution in [-0.4, -0.2) is 38.9 Å². The third-order valence-electron chi connectivity index (χ3n) is 2.65. The molecular formula is C10H19NO3. The third kappa shape index (κ3) is 3.27. The molecule has 1 saturated heterocycles. The number of rotatable bonds is 5. The van der Waals surface area contributed by atoms with Gasteiger partial charge in [-0.25, -0.2) is 0 Å². The van der Waals surface area contributed by atoms with Crippen molar-refractivity contribution in [2.75, 3.05) is 26.8 Å². The van der Waals surface area contributed by atoms with E-state index in [1.165, 1.54) is 7.11 Å². The predicted molar refractivity (Wildman–Crippen MR) is 53.0 cm³/mol. The van der Waals surface area contributed by atoms with Gasteiger partial charge in [0, 0.05) is 13.2 Å². The Hall–Kier alpha value is -0.610. The van der Waals surface area contributed by atoms with Crippen molar-refractivity contribution in [2.24, 2.45) is 5.92 Å². The molecule has 1 aliphatic heterocycles. The molecule has 0 radical (unpaired) electrons. The highest BCUT2D eigenvalue weighted by Crippen LogP contribution is 2.22. The highest BCUT2D eigenvalue weighted by Gasteiger charge is 2.26. The van der Waals surface area contributed by atoms with Gasteiger partial charge in [-0.15, -0.1) is 0 Å². The Morgan fingerprint density at radius 3 is 3.07 bits per heavy atom. The molecule has 0 amide bonds. The summed E-state index contributed by atoms with van der Waals surface area (Å²) in [4.78, 5) is 10.8. The molecule has 4 heteroatoms. The van der Waals surface area contributed by atoms with Gasteiger partial charge in [-0.2, -0.15) is 0 Å². The molecule has 0 bridgehead atoms. The quantitative estimate of drug-likeness (QED) is 0.660. The lowest BCUT2D eigenvalue weighted by atomic mass is 10.00. The summed E-state index contributed by atoms with van der Waals surface area (Å²) in [6, 6.07) is 0. The summed E-state index contributed by atoms with van der Waals surface area (Å²) in [6.07, 6.45) is 2.50. The first-order chi connectivity index (χ1) is 6.77. The average Bonchev–Trinajstić information content (AvgIpc) is 2.65. The Morgan fingerprint density at radius 1 is 1.64 bits per heavy atom. The molecule has 0 aromatic rings. The summed E-state index contributed by atoms with van der Waals surface area (Å²) in [5, 5.41) is 3.09. The van der Waals surface area contributed by atoms with Gasteiger partial charge in [0.1, 0.15) is 0 Å². The fourth-order valence-corrected chi connectivity index (χ4v) is 1.81. The zero-order valence-corrected chi connectivity index (χ0v) is 8.91. The van der Waals surface area contributed by atoms with Crippen LogP contribution in [0.3, 0.4) is 0 Å². The van der Waals surface area contributed by atoms with Crippen LogP contribution in [0.15, 0.2) is 0 Å². The number of ether oxygens (including phenoxy) is 2. The fraction of sp³-hybridized carbons (Fsp3) is 0.900. The van der Waals surface area contributed by atoms with Crippen molar-refractivity contribution in [3.8, 4) is 0 Å². The van der Waals surface area contributed by atoms with Crippen LogP contribution in [0.5, 0.6) is 0 Å². The predicted octanol–water partition coefficient (Wildman–Crippen LogP) is 0.564. The van der Waals surface area contributed by atoms with E-state index in [2.05, 4.69) is 17.0 Å². The van der Waals surface area contributed by atoms with Gasteiger partial charge in [0.2, 0.25) is 0 Å². The van der Waals surface area contributed by atoms with E-state index in [0.717, 1.165) is 26.0 Å². The molecule has 2 atom stereocenters. The van der Waals surface area contributed by atoms with Crippen molar-refractivity contribution in [2.45, 2.75) is 25.9 Å². The number of esters is 1. The van der Waals surface area contributed by atoms with Crippen molar-refractivity contribution in [1.82, 2.24) is 5.32 Å². The second kappa shape index (κ2) is 5.98. The van der Waals surface area contributed by atoms with Crippen molar-refractivity contribution in [3.63, 3.8) is 0 Å². The molecule has 1 aliphatic rings. The lowest BCUT2D eigenvalue weighted by Crippen LogP contribution is -2.32. The van der Waals surface area contributed by atoms with E-state index in [1.54, 1.807) is 0 Å². The van der Waals surface area contributed by atoms with E-state index in [4.69, 9.17) is 4.74 Å². The van der Waals surface area contributed by atoms with Crippen LogP contribution in [-0.2, 0) is 14.3 Å². The average molecular weight is 201 g/mol. The maximum absolute atomic E-state index is 10.8. The number of methoxy groups -OCH3 is 1. The van der Waals surface area contributed by atoms with Gasteiger partial charge in [0.05, 0.1) is 19.8 Å². The SMILES string of the molecule is CCC1OCCC1CNCC(=O)OC. The van der Waals surface area contributed by atoms with Crippen LogP contribution < -0.4 is 5.32 Å². The minimum absolute atomic E-state index is 0.211. The molecule has 1 heterocycles. The summed E-state index contributed by atoms with van der Waals surface area (Å²) in [7, 11) is 1.40. The first-order valence-corrected chi connectivity index (χ1v) is 5.17. The van der Waals surface area contributed by atoms with Gasteiger partial charge in [-0.05, 0) is 18.8 Å². The normalized spacial score (nSPS) is 26.4. The molecule has 2 unspecified atom stereocenters. The number of hydrogen-bond donors (Lipinski definition) is 1.